The van der Waals surface area contributed by atoms with E-state index in [9.17, 15) is 14.4 Å². The number of ketones is 2. The number of Topliss-reactive ketones (excluding diaryl/α,β-unsaturated/α-hetero) is 2. The molecule has 0 spiro atoms. The Morgan fingerprint density at radius 1 is 1.00 bits per heavy atom. The summed E-state index contributed by atoms with van der Waals surface area (Å²) in [5.41, 5.74) is 0. The number of amides is 1. The molecule has 126 valence electrons. The van der Waals surface area contributed by atoms with E-state index in [1.54, 1.807) is 13.8 Å². The van der Waals surface area contributed by atoms with Crippen LogP contribution < -0.4 is 0 Å². The average molecular weight is 309 g/mol. The molecule has 0 aliphatic carbocycles. The second-order valence-electron chi connectivity index (χ2n) is 6.61. The lowest BCUT2D eigenvalue weighted by Gasteiger charge is -2.25. The number of hydrogen-bond acceptors (Lipinski definition) is 3. The summed E-state index contributed by atoms with van der Waals surface area (Å²) in [6.07, 6.45) is 6.65. The minimum atomic E-state index is -0.118. The molecular formula is C18H31NO3. The molecule has 0 aromatic rings. The van der Waals surface area contributed by atoms with Crippen molar-refractivity contribution in [2.24, 2.45) is 11.8 Å². The number of nitrogens with zero attached hydrogens (tertiary/aromatic N) is 1. The first-order chi connectivity index (χ1) is 10.5. The summed E-state index contributed by atoms with van der Waals surface area (Å²) in [5, 5.41) is 0. The SMILES string of the molecule is CC[C@H]1CCCCN(C(C)=O)CCCCC(CC(C)=O)C1=O. The molecule has 1 amide bonds. The Morgan fingerprint density at radius 2 is 1.55 bits per heavy atom. The van der Waals surface area contributed by atoms with Crippen LogP contribution in [0.2, 0.25) is 0 Å². The molecule has 0 bridgehead atoms. The Bertz CT molecular complexity index is 392. The fourth-order valence-corrected chi connectivity index (χ4v) is 3.39. The Hall–Kier alpha value is -1.19. The van der Waals surface area contributed by atoms with E-state index in [1.807, 2.05) is 4.90 Å². The van der Waals surface area contributed by atoms with Crippen LogP contribution in [0.1, 0.15) is 72.1 Å². The van der Waals surface area contributed by atoms with E-state index in [1.165, 1.54) is 0 Å². The largest absolute Gasteiger partial charge is 0.343 e. The topological polar surface area (TPSA) is 54.5 Å². The van der Waals surface area contributed by atoms with E-state index in [0.29, 0.717) is 12.2 Å². The molecular weight excluding hydrogens is 278 g/mol. The molecule has 1 aliphatic heterocycles. The fourth-order valence-electron chi connectivity index (χ4n) is 3.39. The lowest BCUT2D eigenvalue weighted by Crippen LogP contribution is -2.32. The molecule has 4 nitrogen and oxygen atoms in total. The van der Waals surface area contributed by atoms with Crippen LogP contribution in [0.15, 0.2) is 0 Å². The number of carbonyl (C=O) groups excluding carboxylic acids is 3. The Kier molecular flexibility index (Phi) is 8.36. The highest BCUT2D eigenvalue weighted by molar-refractivity contribution is 5.88. The van der Waals surface area contributed by atoms with Crippen LogP contribution in [-0.2, 0) is 14.4 Å². The van der Waals surface area contributed by atoms with Gasteiger partial charge < -0.3 is 9.69 Å². The predicted octanol–water partition coefficient (Wildman–Crippen LogP) is 3.38. The van der Waals surface area contributed by atoms with Gasteiger partial charge in [0, 0.05) is 38.3 Å². The molecule has 1 rings (SSSR count). The van der Waals surface area contributed by atoms with Gasteiger partial charge in [0.05, 0.1) is 0 Å². The van der Waals surface area contributed by atoms with Gasteiger partial charge in [-0.3, -0.25) is 9.59 Å². The lowest BCUT2D eigenvalue weighted by molar-refractivity contribution is -0.131. The maximum atomic E-state index is 12.7. The lowest BCUT2D eigenvalue weighted by atomic mass is 9.82. The molecule has 0 aromatic heterocycles. The average Bonchev–Trinajstić information content (AvgIpc) is 2.45. The van der Waals surface area contributed by atoms with E-state index in [4.69, 9.17) is 0 Å². The third kappa shape index (κ3) is 6.29. The minimum absolute atomic E-state index is 0.0783. The van der Waals surface area contributed by atoms with Crippen molar-refractivity contribution < 1.29 is 14.4 Å². The third-order valence-corrected chi connectivity index (χ3v) is 4.74. The van der Waals surface area contributed by atoms with E-state index >= 15 is 0 Å². The molecule has 22 heavy (non-hydrogen) atoms. The zero-order valence-corrected chi connectivity index (χ0v) is 14.4. The zero-order valence-electron chi connectivity index (χ0n) is 14.4. The molecule has 0 aromatic carbocycles. The fraction of sp³-hybridized carbons (Fsp3) is 0.833. The number of carbonyl (C=O) groups is 3. The van der Waals surface area contributed by atoms with Crippen LogP contribution in [0.5, 0.6) is 0 Å². The molecule has 0 radical (unpaired) electrons. The first kappa shape index (κ1) is 18.9. The van der Waals surface area contributed by atoms with Crippen LogP contribution >= 0.6 is 0 Å². The highest BCUT2D eigenvalue weighted by Crippen LogP contribution is 2.25. The second-order valence-corrected chi connectivity index (χ2v) is 6.61. The van der Waals surface area contributed by atoms with Gasteiger partial charge in [-0.2, -0.15) is 0 Å². The molecule has 4 heteroatoms. The van der Waals surface area contributed by atoms with Crippen molar-refractivity contribution in [2.75, 3.05) is 13.1 Å². The van der Waals surface area contributed by atoms with Crippen molar-refractivity contribution in [2.45, 2.75) is 72.1 Å². The molecule has 1 heterocycles. The summed E-state index contributed by atoms with van der Waals surface area (Å²) in [6, 6.07) is 0. The number of rotatable bonds is 3. The van der Waals surface area contributed by atoms with E-state index in [2.05, 4.69) is 6.92 Å². The third-order valence-electron chi connectivity index (χ3n) is 4.74. The Morgan fingerprint density at radius 3 is 2.00 bits per heavy atom. The molecule has 1 saturated heterocycles. The van der Waals surface area contributed by atoms with Gasteiger partial charge in [0.1, 0.15) is 11.6 Å². The number of hydrogen-bond donors (Lipinski definition) is 0. The molecule has 2 atom stereocenters. The van der Waals surface area contributed by atoms with Crippen LogP contribution in [0.4, 0.5) is 0 Å². The van der Waals surface area contributed by atoms with Crippen LogP contribution in [-0.4, -0.2) is 35.5 Å². The minimum Gasteiger partial charge on any atom is -0.343 e. The monoisotopic (exact) mass is 309 g/mol. The first-order valence-electron chi connectivity index (χ1n) is 8.74. The predicted molar refractivity (Wildman–Crippen MR) is 87.5 cm³/mol. The van der Waals surface area contributed by atoms with Crippen molar-refractivity contribution >= 4 is 17.5 Å². The van der Waals surface area contributed by atoms with Crippen molar-refractivity contribution in [3.8, 4) is 0 Å². The van der Waals surface area contributed by atoms with E-state index in [0.717, 1.165) is 58.0 Å². The Labute approximate surface area is 134 Å². The summed E-state index contributed by atoms with van der Waals surface area (Å²) in [6.45, 7) is 6.83. The maximum absolute atomic E-state index is 12.7. The summed E-state index contributed by atoms with van der Waals surface area (Å²) in [7, 11) is 0. The standard InChI is InChI=1S/C18H31NO3/c1-4-16-9-5-7-11-19(15(3)21)12-8-6-10-17(18(16)22)13-14(2)20/h16-17H,4-13H2,1-3H3/t16-,17?/m0/s1. The Balaban J connectivity index is 2.75. The zero-order chi connectivity index (χ0) is 16.5. The normalized spacial score (nSPS) is 25.2. The smallest absolute Gasteiger partial charge is 0.219 e. The molecule has 1 fully saturated rings. The van der Waals surface area contributed by atoms with Gasteiger partial charge in [-0.25, -0.2) is 0 Å². The highest BCUT2D eigenvalue weighted by Gasteiger charge is 2.26. The summed E-state index contributed by atoms with van der Waals surface area (Å²) >= 11 is 0. The van der Waals surface area contributed by atoms with Gasteiger partial charge in [0.15, 0.2) is 0 Å². The molecule has 0 N–H and O–H groups in total. The summed E-state index contributed by atoms with van der Waals surface area (Å²) in [5.74, 6) is 0.495. The van der Waals surface area contributed by atoms with Crippen molar-refractivity contribution in [3.05, 3.63) is 0 Å². The molecule has 0 saturated carbocycles. The summed E-state index contributed by atoms with van der Waals surface area (Å²) < 4.78 is 0. The van der Waals surface area contributed by atoms with E-state index < -0.39 is 0 Å². The highest BCUT2D eigenvalue weighted by atomic mass is 16.2. The van der Waals surface area contributed by atoms with Gasteiger partial charge in [0.2, 0.25) is 5.91 Å². The second kappa shape index (κ2) is 9.75. The summed E-state index contributed by atoms with van der Waals surface area (Å²) in [4.78, 5) is 37.7. The van der Waals surface area contributed by atoms with Gasteiger partial charge >= 0.3 is 0 Å². The van der Waals surface area contributed by atoms with Crippen LogP contribution in [0.3, 0.4) is 0 Å². The van der Waals surface area contributed by atoms with Crippen molar-refractivity contribution in [1.29, 1.82) is 0 Å². The van der Waals surface area contributed by atoms with Gasteiger partial charge in [-0.1, -0.05) is 19.8 Å². The van der Waals surface area contributed by atoms with Gasteiger partial charge in [-0.15, -0.1) is 0 Å². The van der Waals surface area contributed by atoms with Crippen molar-refractivity contribution in [3.63, 3.8) is 0 Å². The van der Waals surface area contributed by atoms with Crippen LogP contribution in [0, 0.1) is 11.8 Å². The van der Waals surface area contributed by atoms with E-state index in [-0.39, 0.29) is 23.5 Å². The quantitative estimate of drug-likeness (QED) is 0.803. The van der Waals surface area contributed by atoms with Gasteiger partial charge in [0.25, 0.3) is 0 Å². The molecule has 1 aliphatic rings. The first-order valence-corrected chi connectivity index (χ1v) is 8.74. The maximum Gasteiger partial charge on any atom is 0.219 e. The van der Waals surface area contributed by atoms with Crippen LogP contribution in [0.25, 0.3) is 0 Å². The molecule has 1 unspecified atom stereocenters. The van der Waals surface area contributed by atoms with Crippen molar-refractivity contribution in [1.82, 2.24) is 4.90 Å². The van der Waals surface area contributed by atoms with Gasteiger partial charge in [-0.05, 0) is 39.0 Å².